The standard InChI is InChI=1S/C21H20F3N3O.2ClH/c22-21(23,24)28-16-7-5-15(6-8-16)20(27-13-11-25-12-14-27)18-9-10-26-19-4-2-1-3-17(18)19;;/h1-10,20,25H,11-14H2;2*1H/t20-;;/m0../s1. The number of nitrogens with one attached hydrogen (secondary N) is 1. The van der Waals surface area contributed by atoms with Crippen molar-refractivity contribution in [3.05, 3.63) is 71.9 Å². The van der Waals surface area contributed by atoms with Gasteiger partial charge in [-0.15, -0.1) is 38.0 Å². The second-order valence-corrected chi connectivity index (χ2v) is 6.72. The number of hydrogen-bond acceptors (Lipinski definition) is 4. The van der Waals surface area contributed by atoms with Crippen molar-refractivity contribution in [2.24, 2.45) is 0 Å². The van der Waals surface area contributed by atoms with E-state index in [1.807, 2.05) is 30.3 Å². The summed E-state index contributed by atoms with van der Waals surface area (Å²) >= 11 is 0. The summed E-state index contributed by atoms with van der Waals surface area (Å²) in [6.07, 6.45) is -2.91. The Kier molecular flexibility index (Phi) is 8.32. The molecule has 30 heavy (non-hydrogen) atoms. The average molecular weight is 460 g/mol. The number of halogens is 5. The van der Waals surface area contributed by atoms with E-state index in [4.69, 9.17) is 0 Å². The first kappa shape index (κ1) is 24.2. The number of hydrogen-bond donors (Lipinski definition) is 1. The normalized spacial score (nSPS) is 15.7. The van der Waals surface area contributed by atoms with Crippen LogP contribution in [0.1, 0.15) is 17.2 Å². The fraction of sp³-hybridized carbons (Fsp3) is 0.286. The lowest BCUT2D eigenvalue weighted by atomic mass is 9.93. The number of piperazine rings is 1. The highest BCUT2D eigenvalue weighted by atomic mass is 35.5. The number of para-hydroxylation sites is 1. The molecule has 1 aromatic heterocycles. The van der Waals surface area contributed by atoms with Crippen LogP contribution in [-0.4, -0.2) is 42.4 Å². The van der Waals surface area contributed by atoms with E-state index in [9.17, 15) is 13.2 Å². The molecule has 0 aliphatic carbocycles. The summed E-state index contributed by atoms with van der Waals surface area (Å²) in [7, 11) is 0. The zero-order chi connectivity index (χ0) is 19.6. The molecule has 1 saturated heterocycles. The Morgan fingerprint density at radius 2 is 1.60 bits per heavy atom. The van der Waals surface area contributed by atoms with E-state index in [-0.39, 0.29) is 36.6 Å². The van der Waals surface area contributed by atoms with Gasteiger partial charge in [0.2, 0.25) is 0 Å². The van der Waals surface area contributed by atoms with Crippen LogP contribution in [0.15, 0.2) is 60.8 Å². The summed E-state index contributed by atoms with van der Waals surface area (Å²) in [6, 6.07) is 16.0. The number of alkyl halides is 3. The molecule has 0 bridgehead atoms. The minimum atomic E-state index is -4.69. The number of pyridine rings is 1. The summed E-state index contributed by atoms with van der Waals surface area (Å²) in [4.78, 5) is 6.79. The maximum atomic E-state index is 12.5. The lowest BCUT2D eigenvalue weighted by Crippen LogP contribution is -2.45. The van der Waals surface area contributed by atoms with Crippen LogP contribution in [0, 0.1) is 0 Å². The van der Waals surface area contributed by atoms with Gasteiger partial charge >= 0.3 is 6.36 Å². The molecule has 9 heteroatoms. The highest BCUT2D eigenvalue weighted by Gasteiger charge is 2.31. The largest absolute Gasteiger partial charge is 0.573 e. The molecule has 2 aromatic carbocycles. The first-order valence-corrected chi connectivity index (χ1v) is 9.15. The van der Waals surface area contributed by atoms with Crippen LogP contribution in [-0.2, 0) is 0 Å². The van der Waals surface area contributed by atoms with Gasteiger partial charge in [-0.1, -0.05) is 30.3 Å². The van der Waals surface area contributed by atoms with Gasteiger partial charge in [-0.25, -0.2) is 0 Å². The van der Waals surface area contributed by atoms with Gasteiger partial charge in [0.25, 0.3) is 0 Å². The van der Waals surface area contributed by atoms with Crippen molar-refractivity contribution in [2.75, 3.05) is 26.2 Å². The van der Waals surface area contributed by atoms with Gasteiger partial charge in [-0.3, -0.25) is 9.88 Å². The van der Waals surface area contributed by atoms with Crippen LogP contribution in [0.5, 0.6) is 5.75 Å². The summed E-state index contributed by atoms with van der Waals surface area (Å²) in [6.45, 7) is 3.44. The maximum Gasteiger partial charge on any atom is 0.573 e. The Morgan fingerprint density at radius 3 is 2.27 bits per heavy atom. The quantitative estimate of drug-likeness (QED) is 0.597. The molecule has 0 spiro atoms. The number of benzene rings is 2. The molecule has 0 amide bonds. The fourth-order valence-electron chi connectivity index (χ4n) is 3.74. The van der Waals surface area contributed by atoms with E-state index in [1.54, 1.807) is 18.3 Å². The summed E-state index contributed by atoms with van der Waals surface area (Å²) in [5.41, 5.74) is 2.92. The first-order chi connectivity index (χ1) is 13.5. The molecule has 0 radical (unpaired) electrons. The van der Waals surface area contributed by atoms with Crippen molar-refractivity contribution < 1.29 is 17.9 Å². The van der Waals surface area contributed by atoms with Crippen molar-refractivity contribution in [1.29, 1.82) is 0 Å². The van der Waals surface area contributed by atoms with Crippen molar-refractivity contribution in [3.63, 3.8) is 0 Å². The van der Waals surface area contributed by atoms with Crippen LogP contribution < -0.4 is 10.1 Å². The van der Waals surface area contributed by atoms with Gasteiger partial charge in [-0.2, -0.15) is 0 Å². The van der Waals surface area contributed by atoms with Gasteiger partial charge in [0.05, 0.1) is 11.6 Å². The van der Waals surface area contributed by atoms with E-state index >= 15 is 0 Å². The van der Waals surface area contributed by atoms with Crippen LogP contribution in [0.3, 0.4) is 0 Å². The molecule has 1 aliphatic rings. The van der Waals surface area contributed by atoms with Gasteiger partial charge in [-0.05, 0) is 35.4 Å². The zero-order valence-corrected chi connectivity index (χ0v) is 17.6. The summed E-state index contributed by atoms with van der Waals surface area (Å²) in [5, 5.41) is 4.39. The topological polar surface area (TPSA) is 37.4 Å². The molecule has 1 fully saturated rings. The Balaban J connectivity index is 0.00000160. The second-order valence-electron chi connectivity index (χ2n) is 6.72. The van der Waals surface area contributed by atoms with Crippen molar-refractivity contribution in [1.82, 2.24) is 15.2 Å². The third-order valence-corrected chi connectivity index (χ3v) is 4.92. The smallest absolute Gasteiger partial charge is 0.406 e. The van der Waals surface area contributed by atoms with Crippen molar-refractivity contribution in [2.45, 2.75) is 12.4 Å². The average Bonchev–Trinajstić information content (AvgIpc) is 2.69. The Hall–Kier alpha value is -2.06. The first-order valence-electron chi connectivity index (χ1n) is 9.15. The van der Waals surface area contributed by atoms with Crippen molar-refractivity contribution in [3.8, 4) is 5.75 Å². The number of nitrogens with zero attached hydrogens (tertiary/aromatic N) is 2. The predicted molar refractivity (Wildman–Crippen MR) is 116 cm³/mol. The number of fused-ring (bicyclic) bond motifs is 1. The Morgan fingerprint density at radius 1 is 0.933 bits per heavy atom. The lowest BCUT2D eigenvalue weighted by molar-refractivity contribution is -0.274. The Labute approximate surface area is 185 Å². The number of rotatable bonds is 4. The molecular formula is C21H22Cl2F3N3O. The zero-order valence-electron chi connectivity index (χ0n) is 15.9. The molecule has 162 valence electrons. The van der Waals surface area contributed by atoms with Crippen LogP contribution in [0.25, 0.3) is 10.9 Å². The van der Waals surface area contributed by atoms with Crippen LogP contribution >= 0.6 is 24.8 Å². The molecule has 4 rings (SSSR count). The van der Waals surface area contributed by atoms with Gasteiger partial charge in [0, 0.05) is 37.8 Å². The van der Waals surface area contributed by atoms with Crippen molar-refractivity contribution >= 4 is 35.7 Å². The lowest BCUT2D eigenvalue weighted by Gasteiger charge is -2.36. The van der Waals surface area contributed by atoms with E-state index in [0.29, 0.717) is 0 Å². The minimum Gasteiger partial charge on any atom is -0.406 e. The third-order valence-electron chi connectivity index (χ3n) is 4.92. The van der Waals surface area contributed by atoms with E-state index in [0.717, 1.165) is 48.2 Å². The number of aromatic nitrogens is 1. The predicted octanol–water partition coefficient (Wildman–Crippen LogP) is 4.97. The molecule has 1 atom stereocenters. The summed E-state index contributed by atoms with van der Waals surface area (Å²) in [5.74, 6) is -0.213. The third kappa shape index (κ3) is 5.55. The molecule has 0 unspecified atom stereocenters. The molecule has 0 saturated carbocycles. The molecule has 1 N–H and O–H groups in total. The van der Waals surface area contributed by atoms with E-state index < -0.39 is 6.36 Å². The fourth-order valence-corrected chi connectivity index (χ4v) is 3.74. The molecule has 4 nitrogen and oxygen atoms in total. The highest BCUT2D eigenvalue weighted by Crippen LogP contribution is 2.34. The molecule has 2 heterocycles. The highest BCUT2D eigenvalue weighted by molar-refractivity contribution is 5.85. The van der Waals surface area contributed by atoms with Gasteiger partial charge in [0.1, 0.15) is 5.75 Å². The van der Waals surface area contributed by atoms with Crippen LogP contribution in [0.2, 0.25) is 0 Å². The van der Waals surface area contributed by atoms with Gasteiger partial charge in [0.15, 0.2) is 0 Å². The molecule has 3 aromatic rings. The monoisotopic (exact) mass is 459 g/mol. The molecule has 1 aliphatic heterocycles. The second kappa shape index (κ2) is 10.3. The summed E-state index contributed by atoms with van der Waals surface area (Å²) < 4.78 is 41.5. The van der Waals surface area contributed by atoms with Crippen LogP contribution in [0.4, 0.5) is 13.2 Å². The van der Waals surface area contributed by atoms with E-state index in [1.165, 1.54) is 12.1 Å². The van der Waals surface area contributed by atoms with Gasteiger partial charge < -0.3 is 10.1 Å². The van der Waals surface area contributed by atoms with E-state index in [2.05, 4.69) is 19.9 Å². The Bertz CT molecular complexity index is 943. The SMILES string of the molecule is Cl.Cl.FC(F)(F)Oc1ccc([C@@H](c2ccnc3ccccc23)N2CCNCC2)cc1. The maximum absolute atomic E-state index is 12.5. The number of ether oxygens (including phenoxy) is 1. The molecular weight excluding hydrogens is 438 g/mol. The minimum absolute atomic E-state index is 0.